The first-order valence-corrected chi connectivity index (χ1v) is 9.36. The minimum absolute atomic E-state index is 0.0556. The Labute approximate surface area is 129 Å². The van der Waals surface area contributed by atoms with E-state index in [9.17, 15) is 4.79 Å². The lowest BCUT2D eigenvalue weighted by Gasteiger charge is -2.29. The molecule has 4 atom stereocenters. The second-order valence-corrected chi connectivity index (χ2v) is 8.15. The van der Waals surface area contributed by atoms with Gasteiger partial charge >= 0.3 is 0 Å². The van der Waals surface area contributed by atoms with Gasteiger partial charge in [0, 0.05) is 16.2 Å². The van der Waals surface area contributed by atoms with Crippen molar-refractivity contribution in [2.75, 3.05) is 5.75 Å². The molecule has 2 aliphatic rings. The topological polar surface area (TPSA) is 32.3 Å². The number of hydrogen-bond acceptors (Lipinski definition) is 4. The van der Waals surface area contributed by atoms with Crippen molar-refractivity contribution in [1.29, 1.82) is 0 Å². The van der Waals surface area contributed by atoms with Crippen molar-refractivity contribution < 1.29 is 4.79 Å². The number of rotatable bonds is 4. The Morgan fingerprint density at radius 1 is 1.50 bits per heavy atom. The molecule has 3 nitrogen and oxygen atoms in total. The van der Waals surface area contributed by atoms with Crippen molar-refractivity contribution >= 4 is 29.0 Å². The van der Waals surface area contributed by atoms with Gasteiger partial charge in [0.25, 0.3) is 0 Å². The van der Waals surface area contributed by atoms with Crippen LogP contribution in [0.3, 0.4) is 0 Å². The van der Waals surface area contributed by atoms with E-state index in [4.69, 9.17) is 0 Å². The lowest BCUT2D eigenvalue weighted by atomic mass is 10.2. The highest BCUT2D eigenvalue weighted by atomic mass is 32.2. The number of nitrogens with zero attached hydrogens (tertiary/aromatic N) is 1. The summed E-state index contributed by atoms with van der Waals surface area (Å²) in [5, 5.41) is 6.28. The van der Waals surface area contributed by atoms with Crippen LogP contribution in [0.2, 0.25) is 0 Å². The Bertz CT molecular complexity index is 462. The number of nitrogens with one attached hydrogen (secondary N) is 1. The van der Waals surface area contributed by atoms with E-state index in [0.29, 0.717) is 6.04 Å². The molecular formula is C15H22N2OS2. The highest BCUT2D eigenvalue weighted by Crippen LogP contribution is 2.38. The van der Waals surface area contributed by atoms with E-state index in [1.807, 2.05) is 18.7 Å². The smallest absolute Gasteiger partial charge is 0.241 e. The van der Waals surface area contributed by atoms with Crippen LogP contribution in [0.15, 0.2) is 17.5 Å². The van der Waals surface area contributed by atoms with E-state index in [2.05, 4.69) is 34.7 Å². The summed E-state index contributed by atoms with van der Waals surface area (Å²) in [4.78, 5) is 15.9. The van der Waals surface area contributed by atoms with Crippen LogP contribution in [0.4, 0.5) is 0 Å². The number of hydrogen-bond donors (Lipinski definition) is 1. The number of amides is 1. The van der Waals surface area contributed by atoms with E-state index >= 15 is 0 Å². The zero-order valence-electron chi connectivity index (χ0n) is 12.0. The lowest BCUT2D eigenvalue weighted by Crippen LogP contribution is -2.38. The summed E-state index contributed by atoms with van der Waals surface area (Å²) in [6, 6.07) is 4.56. The maximum Gasteiger partial charge on any atom is 0.241 e. The van der Waals surface area contributed by atoms with E-state index in [1.54, 1.807) is 11.3 Å². The van der Waals surface area contributed by atoms with Gasteiger partial charge in [-0.2, -0.15) is 11.8 Å². The van der Waals surface area contributed by atoms with Gasteiger partial charge in [-0.05, 0) is 43.4 Å². The summed E-state index contributed by atoms with van der Waals surface area (Å²) in [7, 11) is 0. The molecule has 1 saturated heterocycles. The highest BCUT2D eigenvalue weighted by Gasteiger charge is 2.43. The Hall–Kier alpha value is -0.520. The van der Waals surface area contributed by atoms with E-state index in [1.165, 1.54) is 17.1 Å². The minimum atomic E-state index is -0.0556. The van der Waals surface area contributed by atoms with Gasteiger partial charge in [-0.3, -0.25) is 10.1 Å². The highest BCUT2D eigenvalue weighted by molar-refractivity contribution is 7.99. The molecule has 1 aromatic rings. The second kappa shape index (κ2) is 6.08. The van der Waals surface area contributed by atoms with Crippen LogP contribution >= 0.6 is 23.1 Å². The fourth-order valence-corrected chi connectivity index (χ4v) is 5.27. The molecule has 1 N–H and O–H groups in total. The van der Waals surface area contributed by atoms with Crippen molar-refractivity contribution in [3.8, 4) is 0 Å². The molecule has 1 amide bonds. The molecule has 1 aromatic heterocycles. The van der Waals surface area contributed by atoms with Gasteiger partial charge in [-0.25, -0.2) is 0 Å². The van der Waals surface area contributed by atoms with Crippen LogP contribution in [0, 0.1) is 0 Å². The largest absolute Gasteiger partial charge is 0.318 e. The molecule has 0 aromatic carbocycles. The van der Waals surface area contributed by atoms with Gasteiger partial charge in [-0.15, -0.1) is 11.3 Å². The van der Waals surface area contributed by atoms with E-state index in [0.717, 1.165) is 18.1 Å². The molecule has 2 heterocycles. The molecule has 3 rings (SSSR count). The molecular weight excluding hydrogens is 288 g/mol. The van der Waals surface area contributed by atoms with Crippen molar-refractivity contribution in [2.24, 2.45) is 0 Å². The molecule has 5 heteroatoms. The van der Waals surface area contributed by atoms with Crippen LogP contribution < -0.4 is 5.32 Å². The fraction of sp³-hybridized carbons (Fsp3) is 0.667. The third-order valence-electron chi connectivity index (χ3n) is 4.28. The normalized spacial score (nSPS) is 34.1. The average molecular weight is 310 g/mol. The maximum absolute atomic E-state index is 12.5. The quantitative estimate of drug-likeness (QED) is 0.926. The third-order valence-corrected chi connectivity index (χ3v) is 6.43. The second-order valence-electron chi connectivity index (χ2n) is 5.60. The van der Waals surface area contributed by atoms with Crippen LogP contribution in [-0.2, 0) is 4.79 Å². The van der Waals surface area contributed by atoms with Crippen LogP contribution in [0.25, 0.3) is 0 Å². The Morgan fingerprint density at radius 3 is 3.05 bits per heavy atom. The molecule has 0 radical (unpaired) electrons. The predicted octanol–water partition coefficient (Wildman–Crippen LogP) is 3.24. The molecule has 0 spiro atoms. The minimum Gasteiger partial charge on any atom is -0.318 e. The summed E-state index contributed by atoms with van der Waals surface area (Å²) in [6.07, 6.45) is 3.64. The number of carbonyl (C=O) groups is 1. The molecule has 1 saturated carbocycles. The van der Waals surface area contributed by atoms with Crippen LogP contribution in [0.1, 0.15) is 44.2 Å². The zero-order chi connectivity index (χ0) is 14.1. The lowest BCUT2D eigenvalue weighted by molar-refractivity contribution is -0.131. The average Bonchev–Trinajstić information content (AvgIpc) is 3.12. The van der Waals surface area contributed by atoms with Gasteiger partial charge in [-0.1, -0.05) is 13.0 Å². The zero-order valence-corrected chi connectivity index (χ0v) is 13.7. The van der Waals surface area contributed by atoms with Crippen LogP contribution in [-0.4, -0.2) is 33.9 Å². The third kappa shape index (κ3) is 2.63. The molecule has 4 unspecified atom stereocenters. The first-order valence-electron chi connectivity index (χ1n) is 7.44. The van der Waals surface area contributed by atoms with Crippen molar-refractivity contribution in [2.45, 2.75) is 56.6 Å². The van der Waals surface area contributed by atoms with Crippen molar-refractivity contribution in [3.05, 3.63) is 22.4 Å². The maximum atomic E-state index is 12.5. The van der Waals surface area contributed by atoms with E-state index in [-0.39, 0.29) is 18.1 Å². The van der Waals surface area contributed by atoms with Crippen LogP contribution in [0.5, 0.6) is 0 Å². The molecule has 0 bridgehead atoms. The summed E-state index contributed by atoms with van der Waals surface area (Å²) >= 11 is 3.78. The molecule has 110 valence electrons. The predicted molar refractivity (Wildman–Crippen MR) is 86.1 cm³/mol. The summed E-state index contributed by atoms with van der Waals surface area (Å²) in [6.45, 7) is 4.20. The summed E-state index contributed by atoms with van der Waals surface area (Å²) in [5.74, 6) is 1.45. The Morgan fingerprint density at radius 2 is 2.35 bits per heavy atom. The fourth-order valence-electron chi connectivity index (χ4n) is 3.35. The van der Waals surface area contributed by atoms with Gasteiger partial charge in [0.05, 0.1) is 6.04 Å². The first-order chi connectivity index (χ1) is 9.70. The number of carbonyl (C=O) groups excluding carboxylic acids is 1. The monoisotopic (exact) mass is 310 g/mol. The van der Waals surface area contributed by atoms with E-state index < -0.39 is 0 Å². The van der Waals surface area contributed by atoms with Gasteiger partial charge < -0.3 is 4.90 Å². The Kier molecular flexibility index (Phi) is 4.38. The molecule has 1 aliphatic heterocycles. The summed E-state index contributed by atoms with van der Waals surface area (Å²) < 4.78 is 0. The van der Waals surface area contributed by atoms with Gasteiger partial charge in [0.15, 0.2) is 0 Å². The SMILES string of the molecule is CCSC1CCC(N2C(=O)C(C)NC2c2cccs2)C1. The molecule has 20 heavy (non-hydrogen) atoms. The van der Waals surface area contributed by atoms with Gasteiger partial charge in [0.2, 0.25) is 5.91 Å². The van der Waals surface area contributed by atoms with Crippen molar-refractivity contribution in [1.82, 2.24) is 10.2 Å². The van der Waals surface area contributed by atoms with Crippen molar-refractivity contribution in [3.63, 3.8) is 0 Å². The first kappa shape index (κ1) is 14.4. The molecule has 1 aliphatic carbocycles. The summed E-state index contributed by atoms with van der Waals surface area (Å²) in [5.41, 5.74) is 0. The Balaban J connectivity index is 1.77. The number of thioether (sulfide) groups is 1. The molecule has 2 fully saturated rings. The standard InChI is InChI=1S/C15H22N2OS2/c1-3-19-12-7-6-11(9-12)17-14(13-5-4-8-20-13)16-10(2)15(17)18/h4-5,8,10-12,14,16H,3,6-7,9H2,1-2H3. The van der Waals surface area contributed by atoms with Gasteiger partial charge in [0.1, 0.15) is 6.17 Å². The number of thiophene rings is 1.